The molecule has 0 saturated carbocycles. The normalized spacial score (nSPS) is 9.71. The fraction of sp³-hybridized carbons (Fsp3) is 0.400. The van der Waals surface area contributed by atoms with E-state index in [9.17, 15) is 0 Å². The van der Waals surface area contributed by atoms with Crippen LogP contribution in [0.1, 0.15) is 6.92 Å². The summed E-state index contributed by atoms with van der Waals surface area (Å²) in [6, 6.07) is 3.70. The molecule has 3 nitrogen and oxygen atoms in total. The predicted molar refractivity (Wildman–Crippen MR) is 63.4 cm³/mol. The zero-order valence-corrected chi connectivity index (χ0v) is 10.6. The van der Waals surface area contributed by atoms with Gasteiger partial charge in [0.05, 0.1) is 20.8 Å². The molecule has 1 aromatic carbocycles. The summed E-state index contributed by atoms with van der Waals surface area (Å²) in [7, 11) is 3.26. The van der Waals surface area contributed by atoms with E-state index in [1.54, 1.807) is 14.2 Å². The molecule has 0 radical (unpaired) electrons. The van der Waals surface area contributed by atoms with Crippen molar-refractivity contribution in [2.75, 3.05) is 20.8 Å². The number of halogens is 1. The average molecular weight is 308 g/mol. The largest absolute Gasteiger partial charge is 0.496 e. The highest BCUT2D eigenvalue weighted by molar-refractivity contribution is 14.1. The van der Waals surface area contributed by atoms with Crippen molar-refractivity contribution >= 4 is 22.6 Å². The van der Waals surface area contributed by atoms with E-state index in [0.717, 1.165) is 20.8 Å². The van der Waals surface area contributed by atoms with Gasteiger partial charge in [-0.3, -0.25) is 0 Å². The first kappa shape index (κ1) is 11.4. The molecule has 0 aliphatic carbocycles. The van der Waals surface area contributed by atoms with Crippen molar-refractivity contribution in [3.8, 4) is 17.2 Å². The molecule has 4 heteroatoms. The minimum atomic E-state index is 0.611. The zero-order chi connectivity index (χ0) is 10.6. The first-order valence-electron chi connectivity index (χ1n) is 4.27. The molecule has 0 atom stereocenters. The fourth-order valence-corrected chi connectivity index (χ4v) is 1.94. The summed E-state index contributed by atoms with van der Waals surface area (Å²) in [5, 5.41) is 0. The molecular formula is C10H13IO3. The quantitative estimate of drug-likeness (QED) is 0.801. The van der Waals surface area contributed by atoms with Gasteiger partial charge in [0.1, 0.15) is 9.32 Å². The van der Waals surface area contributed by atoms with Crippen LogP contribution >= 0.6 is 22.6 Å². The fourth-order valence-electron chi connectivity index (χ4n) is 1.12. The summed E-state index contributed by atoms with van der Waals surface area (Å²) in [4.78, 5) is 0. The van der Waals surface area contributed by atoms with Crippen LogP contribution in [-0.4, -0.2) is 20.8 Å². The maximum absolute atomic E-state index is 5.49. The summed E-state index contributed by atoms with van der Waals surface area (Å²) in [6.07, 6.45) is 0. The molecule has 0 fully saturated rings. The zero-order valence-electron chi connectivity index (χ0n) is 8.46. The molecule has 78 valence electrons. The third-order valence-electron chi connectivity index (χ3n) is 1.75. The van der Waals surface area contributed by atoms with Gasteiger partial charge in [-0.1, -0.05) is 0 Å². The first-order valence-corrected chi connectivity index (χ1v) is 5.35. The molecule has 0 aliphatic heterocycles. The van der Waals surface area contributed by atoms with E-state index < -0.39 is 0 Å². The van der Waals surface area contributed by atoms with E-state index in [2.05, 4.69) is 22.6 Å². The maximum atomic E-state index is 5.49. The van der Waals surface area contributed by atoms with Crippen LogP contribution in [-0.2, 0) is 0 Å². The molecule has 0 saturated heterocycles. The molecular weight excluding hydrogens is 295 g/mol. The summed E-state index contributed by atoms with van der Waals surface area (Å²) < 4.78 is 16.8. The van der Waals surface area contributed by atoms with Crippen molar-refractivity contribution in [2.45, 2.75) is 6.92 Å². The standard InChI is InChI=1S/C10H13IO3/c1-4-14-10-8(13-3)6-5-7(12-2)9(10)11/h5-6H,4H2,1-3H3. The van der Waals surface area contributed by atoms with E-state index in [4.69, 9.17) is 14.2 Å². The summed E-state index contributed by atoms with van der Waals surface area (Å²) in [5.41, 5.74) is 0. The average Bonchev–Trinajstić information content (AvgIpc) is 2.21. The van der Waals surface area contributed by atoms with Gasteiger partial charge in [-0.25, -0.2) is 0 Å². The molecule has 0 heterocycles. The number of hydrogen-bond donors (Lipinski definition) is 0. The Morgan fingerprint density at radius 1 is 1.14 bits per heavy atom. The van der Waals surface area contributed by atoms with Gasteiger partial charge in [-0.05, 0) is 41.6 Å². The lowest BCUT2D eigenvalue weighted by molar-refractivity contribution is 0.304. The Morgan fingerprint density at radius 2 is 1.71 bits per heavy atom. The molecule has 0 unspecified atom stereocenters. The second-order valence-corrected chi connectivity index (χ2v) is 3.62. The van der Waals surface area contributed by atoms with Crippen molar-refractivity contribution in [2.24, 2.45) is 0 Å². The molecule has 0 aliphatic rings. The highest BCUT2D eigenvalue weighted by Crippen LogP contribution is 2.38. The number of hydrogen-bond acceptors (Lipinski definition) is 3. The lowest BCUT2D eigenvalue weighted by Gasteiger charge is -2.13. The van der Waals surface area contributed by atoms with Crippen molar-refractivity contribution in [3.05, 3.63) is 15.7 Å². The smallest absolute Gasteiger partial charge is 0.178 e. The monoisotopic (exact) mass is 308 g/mol. The molecule has 0 N–H and O–H groups in total. The van der Waals surface area contributed by atoms with Gasteiger partial charge < -0.3 is 14.2 Å². The Labute approximate surface area is 97.5 Å². The van der Waals surface area contributed by atoms with E-state index in [1.165, 1.54) is 0 Å². The maximum Gasteiger partial charge on any atom is 0.178 e. The van der Waals surface area contributed by atoms with Crippen LogP contribution in [0.25, 0.3) is 0 Å². The second-order valence-electron chi connectivity index (χ2n) is 2.55. The molecule has 1 rings (SSSR count). The van der Waals surface area contributed by atoms with Crippen LogP contribution in [0.4, 0.5) is 0 Å². The minimum absolute atomic E-state index is 0.611. The topological polar surface area (TPSA) is 27.7 Å². The van der Waals surface area contributed by atoms with Crippen molar-refractivity contribution in [3.63, 3.8) is 0 Å². The number of benzene rings is 1. The first-order chi connectivity index (χ1) is 6.74. The van der Waals surface area contributed by atoms with Gasteiger partial charge in [0.15, 0.2) is 11.5 Å². The van der Waals surface area contributed by atoms with Crippen LogP contribution in [0.3, 0.4) is 0 Å². The molecule has 0 bridgehead atoms. The van der Waals surface area contributed by atoms with E-state index in [1.807, 2.05) is 19.1 Å². The van der Waals surface area contributed by atoms with E-state index in [0.29, 0.717) is 6.61 Å². The van der Waals surface area contributed by atoms with Gasteiger partial charge in [0, 0.05) is 0 Å². The lowest BCUT2D eigenvalue weighted by Crippen LogP contribution is -1.99. The van der Waals surface area contributed by atoms with Crippen molar-refractivity contribution < 1.29 is 14.2 Å². The molecule has 0 aromatic heterocycles. The van der Waals surface area contributed by atoms with Gasteiger partial charge in [0.2, 0.25) is 0 Å². The van der Waals surface area contributed by atoms with E-state index in [-0.39, 0.29) is 0 Å². The number of ether oxygens (including phenoxy) is 3. The van der Waals surface area contributed by atoms with Crippen molar-refractivity contribution in [1.29, 1.82) is 0 Å². The minimum Gasteiger partial charge on any atom is -0.496 e. The van der Waals surface area contributed by atoms with Crippen LogP contribution in [0.2, 0.25) is 0 Å². The highest BCUT2D eigenvalue weighted by Gasteiger charge is 2.13. The lowest BCUT2D eigenvalue weighted by atomic mass is 10.3. The number of methoxy groups -OCH3 is 2. The second kappa shape index (κ2) is 5.29. The van der Waals surface area contributed by atoms with Crippen LogP contribution in [0.15, 0.2) is 12.1 Å². The Morgan fingerprint density at radius 3 is 2.21 bits per heavy atom. The van der Waals surface area contributed by atoms with Crippen LogP contribution in [0, 0.1) is 3.57 Å². The molecule has 1 aromatic rings. The molecule has 14 heavy (non-hydrogen) atoms. The molecule has 0 spiro atoms. The van der Waals surface area contributed by atoms with Gasteiger partial charge in [0.25, 0.3) is 0 Å². The third-order valence-corrected chi connectivity index (χ3v) is 2.78. The third kappa shape index (κ3) is 2.23. The summed E-state index contributed by atoms with van der Waals surface area (Å²) in [6.45, 7) is 2.55. The Hall–Kier alpha value is -0.650. The summed E-state index contributed by atoms with van der Waals surface area (Å²) in [5.74, 6) is 2.28. The Balaban J connectivity index is 3.16. The van der Waals surface area contributed by atoms with Crippen molar-refractivity contribution in [1.82, 2.24) is 0 Å². The van der Waals surface area contributed by atoms with E-state index >= 15 is 0 Å². The SMILES string of the molecule is CCOc1c(OC)ccc(OC)c1I. The van der Waals surface area contributed by atoms with Crippen LogP contribution < -0.4 is 14.2 Å². The predicted octanol–water partition coefficient (Wildman–Crippen LogP) is 2.71. The Kier molecular flexibility index (Phi) is 4.31. The van der Waals surface area contributed by atoms with Gasteiger partial charge >= 0.3 is 0 Å². The Bertz CT molecular complexity index is 312. The highest BCUT2D eigenvalue weighted by atomic mass is 127. The number of rotatable bonds is 4. The van der Waals surface area contributed by atoms with Crippen LogP contribution in [0.5, 0.6) is 17.2 Å². The van der Waals surface area contributed by atoms with Gasteiger partial charge in [-0.15, -0.1) is 0 Å². The summed E-state index contributed by atoms with van der Waals surface area (Å²) >= 11 is 2.18. The van der Waals surface area contributed by atoms with Gasteiger partial charge in [-0.2, -0.15) is 0 Å². The molecule has 0 amide bonds.